The van der Waals surface area contributed by atoms with Gasteiger partial charge >= 0.3 is 0 Å². The zero-order valence-corrected chi connectivity index (χ0v) is 11.2. The highest BCUT2D eigenvalue weighted by atomic mass is 16.1. The molecule has 2 heteroatoms. The van der Waals surface area contributed by atoms with E-state index in [1.807, 2.05) is 0 Å². The molecule has 1 heterocycles. The molecule has 17 heavy (non-hydrogen) atoms. The fourth-order valence-corrected chi connectivity index (χ4v) is 3.25. The van der Waals surface area contributed by atoms with Crippen LogP contribution in [0.1, 0.15) is 52.4 Å². The number of ketones is 1. The lowest BCUT2D eigenvalue weighted by molar-refractivity contribution is -0.123. The lowest BCUT2D eigenvalue weighted by Gasteiger charge is -2.38. The van der Waals surface area contributed by atoms with Crippen molar-refractivity contribution < 1.29 is 4.79 Å². The van der Waals surface area contributed by atoms with Crippen LogP contribution in [0.25, 0.3) is 0 Å². The van der Waals surface area contributed by atoms with Gasteiger partial charge in [-0.05, 0) is 46.1 Å². The summed E-state index contributed by atoms with van der Waals surface area (Å²) in [5, 5.41) is 0. The van der Waals surface area contributed by atoms with Crippen molar-refractivity contribution in [2.24, 2.45) is 5.92 Å². The maximum atomic E-state index is 11.9. The maximum Gasteiger partial charge on any atom is 0.137 e. The average molecular weight is 235 g/mol. The molecular weight excluding hydrogens is 210 g/mol. The van der Waals surface area contributed by atoms with Gasteiger partial charge in [0.2, 0.25) is 0 Å². The van der Waals surface area contributed by atoms with Crippen molar-refractivity contribution in [3.63, 3.8) is 0 Å². The summed E-state index contributed by atoms with van der Waals surface area (Å²) in [5.74, 6) is 0.875. The van der Waals surface area contributed by atoms with E-state index < -0.39 is 0 Å². The van der Waals surface area contributed by atoms with Gasteiger partial charge in [-0.25, -0.2) is 0 Å². The van der Waals surface area contributed by atoms with Crippen LogP contribution in [0.3, 0.4) is 0 Å². The second-order valence-corrected chi connectivity index (χ2v) is 5.80. The van der Waals surface area contributed by atoms with E-state index in [-0.39, 0.29) is 0 Å². The average Bonchev–Trinajstić information content (AvgIpc) is 2.73. The van der Waals surface area contributed by atoms with E-state index in [4.69, 9.17) is 0 Å². The Labute approximate surface area is 105 Å². The molecular formula is C15H25NO. The summed E-state index contributed by atoms with van der Waals surface area (Å²) in [6.07, 6.45) is 9.22. The fourth-order valence-electron chi connectivity index (χ4n) is 3.25. The number of likely N-dealkylation sites (tertiary alicyclic amines) is 1. The Kier molecular flexibility index (Phi) is 4.38. The first-order valence-corrected chi connectivity index (χ1v) is 7.08. The van der Waals surface area contributed by atoms with E-state index in [0.29, 0.717) is 17.7 Å². The molecule has 2 unspecified atom stereocenters. The molecule has 1 aliphatic carbocycles. The number of rotatable bonds is 3. The normalized spacial score (nSPS) is 30.6. The van der Waals surface area contributed by atoms with E-state index >= 15 is 0 Å². The summed E-state index contributed by atoms with van der Waals surface area (Å²) in [6, 6.07) is 0.536. The number of carbonyl (C=O) groups is 1. The molecule has 0 spiro atoms. The van der Waals surface area contributed by atoms with E-state index in [1.165, 1.54) is 31.4 Å². The van der Waals surface area contributed by atoms with Crippen LogP contribution >= 0.6 is 0 Å². The summed E-state index contributed by atoms with van der Waals surface area (Å²) in [5.41, 5.74) is 1.38. The van der Waals surface area contributed by atoms with Gasteiger partial charge in [0.05, 0.1) is 0 Å². The van der Waals surface area contributed by atoms with Gasteiger partial charge in [-0.3, -0.25) is 9.69 Å². The number of piperidine rings is 1. The van der Waals surface area contributed by atoms with Gasteiger partial charge in [-0.15, -0.1) is 0 Å². The molecule has 0 aromatic rings. The van der Waals surface area contributed by atoms with Crippen molar-refractivity contribution in [3.05, 3.63) is 11.6 Å². The quantitative estimate of drug-likeness (QED) is 0.700. The highest BCUT2D eigenvalue weighted by Crippen LogP contribution is 2.32. The second-order valence-electron chi connectivity index (χ2n) is 5.80. The number of carbonyl (C=O) groups excluding carboxylic acids is 1. The largest absolute Gasteiger partial charge is 0.299 e. The fraction of sp³-hybridized carbons (Fsp3) is 0.800. The Morgan fingerprint density at radius 3 is 2.76 bits per heavy atom. The Hall–Kier alpha value is -0.630. The first-order valence-electron chi connectivity index (χ1n) is 7.08. The van der Waals surface area contributed by atoms with E-state index in [0.717, 1.165) is 25.8 Å². The third-order valence-electron chi connectivity index (χ3n) is 4.21. The molecule has 0 amide bonds. The molecule has 0 N–H and O–H groups in total. The maximum absolute atomic E-state index is 11.9. The minimum atomic E-state index is 0.348. The number of hydrogen-bond acceptors (Lipinski definition) is 2. The molecule has 0 aromatic heterocycles. The number of Topliss-reactive ketones (excluding diaryl/α,β-unsaturated/α-hetero) is 1. The zero-order valence-electron chi connectivity index (χ0n) is 11.2. The Balaban J connectivity index is 2.01. The molecule has 2 rings (SSSR count). The Morgan fingerprint density at radius 2 is 2.12 bits per heavy atom. The zero-order chi connectivity index (χ0) is 12.3. The minimum Gasteiger partial charge on any atom is -0.299 e. The van der Waals surface area contributed by atoms with Crippen molar-refractivity contribution in [1.29, 1.82) is 0 Å². The van der Waals surface area contributed by atoms with Crippen LogP contribution in [0.5, 0.6) is 0 Å². The second kappa shape index (κ2) is 5.81. The van der Waals surface area contributed by atoms with Gasteiger partial charge in [0, 0.05) is 24.9 Å². The number of hydrogen-bond donors (Lipinski definition) is 0. The van der Waals surface area contributed by atoms with E-state index in [2.05, 4.69) is 24.8 Å². The van der Waals surface area contributed by atoms with Crippen LogP contribution in [-0.4, -0.2) is 29.8 Å². The molecule has 1 aliphatic heterocycles. The van der Waals surface area contributed by atoms with Crippen LogP contribution < -0.4 is 0 Å². The van der Waals surface area contributed by atoms with Crippen LogP contribution in [-0.2, 0) is 4.79 Å². The van der Waals surface area contributed by atoms with Gasteiger partial charge in [0.15, 0.2) is 0 Å². The lowest BCUT2D eigenvalue weighted by Crippen LogP contribution is -2.45. The van der Waals surface area contributed by atoms with E-state index in [9.17, 15) is 4.79 Å². The molecule has 0 bridgehead atoms. The number of allylic oxidation sites excluding steroid dienone is 1. The molecule has 1 saturated heterocycles. The van der Waals surface area contributed by atoms with Crippen molar-refractivity contribution in [1.82, 2.24) is 4.90 Å². The van der Waals surface area contributed by atoms with Crippen LogP contribution in [0.4, 0.5) is 0 Å². The van der Waals surface area contributed by atoms with Gasteiger partial charge < -0.3 is 0 Å². The highest BCUT2D eigenvalue weighted by Gasteiger charge is 2.36. The predicted octanol–water partition coefficient (Wildman–Crippen LogP) is 3.18. The molecule has 2 atom stereocenters. The first-order chi connectivity index (χ1) is 8.18. The molecule has 96 valence electrons. The van der Waals surface area contributed by atoms with Crippen molar-refractivity contribution >= 4 is 5.78 Å². The molecule has 2 aliphatic rings. The van der Waals surface area contributed by atoms with Gasteiger partial charge in [-0.1, -0.05) is 18.1 Å². The molecule has 0 radical (unpaired) electrons. The van der Waals surface area contributed by atoms with Gasteiger partial charge in [0.1, 0.15) is 5.78 Å². The number of nitrogens with zero attached hydrogens (tertiary/aromatic N) is 1. The predicted molar refractivity (Wildman–Crippen MR) is 71.0 cm³/mol. The SMILES string of the molecule is CC(C)=CCN1CCCCC1C1CCCC1=O. The third kappa shape index (κ3) is 3.19. The summed E-state index contributed by atoms with van der Waals surface area (Å²) in [6.45, 7) is 6.52. The summed E-state index contributed by atoms with van der Waals surface area (Å²) in [4.78, 5) is 14.5. The van der Waals surface area contributed by atoms with Crippen LogP contribution in [0.2, 0.25) is 0 Å². The lowest BCUT2D eigenvalue weighted by atomic mass is 9.88. The van der Waals surface area contributed by atoms with Crippen LogP contribution in [0, 0.1) is 5.92 Å². The molecule has 0 aromatic carbocycles. The first kappa shape index (κ1) is 12.8. The van der Waals surface area contributed by atoms with Gasteiger partial charge in [-0.2, -0.15) is 0 Å². The standard InChI is InChI=1S/C15H25NO/c1-12(2)9-11-16-10-4-3-7-14(16)13-6-5-8-15(13)17/h9,13-14H,3-8,10-11H2,1-2H3. The third-order valence-corrected chi connectivity index (χ3v) is 4.21. The Bertz CT molecular complexity index is 304. The summed E-state index contributed by atoms with van der Waals surface area (Å²) in [7, 11) is 0. The molecule has 2 nitrogen and oxygen atoms in total. The monoisotopic (exact) mass is 235 g/mol. The Morgan fingerprint density at radius 1 is 1.29 bits per heavy atom. The van der Waals surface area contributed by atoms with Crippen molar-refractivity contribution in [3.8, 4) is 0 Å². The summed E-state index contributed by atoms with van der Waals surface area (Å²) >= 11 is 0. The molecule has 1 saturated carbocycles. The minimum absolute atomic E-state index is 0.348. The van der Waals surface area contributed by atoms with Crippen LogP contribution in [0.15, 0.2) is 11.6 Å². The topological polar surface area (TPSA) is 20.3 Å². The van der Waals surface area contributed by atoms with Crippen molar-refractivity contribution in [2.45, 2.75) is 58.4 Å². The highest BCUT2D eigenvalue weighted by molar-refractivity contribution is 5.83. The van der Waals surface area contributed by atoms with E-state index in [1.54, 1.807) is 0 Å². The molecule has 2 fully saturated rings. The van der Waals surface area contributed by atoms with Crippen molar-refractivity contribution in [2.75, 3.05) is 13.1 Å². The summed E-state index contributed by atoms with van der Waals surface area (Å²) < 4.78 is 0. The van der Waals surface area contributed by atoms with Gasteiger partial charge in [0.25, 0.3) is 0 Å². The smallest absolute Gasteiger partial charge is 0.137 e.